The summed E-state index contributed by atoms with van der Waals surface area (Å²) in [5.74, 6) is -0.317. The molecule has 4 nitrogen and oxygen atoms in total. The number of esters is 1. The van der Waals surface area contributed by atoms with Crippen LogP contribution in [-0.2, 0) is 11.3 Å². The second-order valence-electron chi connectivity index (χ2n) is 4.93. The highest BCUT2D eigenvalue weighted by molar-refractivity contribution is 7.17. The van der Waals surface area contributed by atoms with Crippen molar-refractivity contribution in [1.82, 2.24) is 4.98 Å². The van der Waals surface area contributed by atoms with Gasteiger partial charge in [-0.15, -0.1) is 11.3 Å². The number of rotatable bonds is 5. The molecule has 0 bridgehead atoms. The van der Waals surface area contributed by atoms with Gasteiger partial charge in [0.15, 0.2) is 0 Å². The Kier molecular flexibility index (Phi) is 4.68. The lowest BCUT2D eigenvalue weighted by atomic mass is 10.2. The van der Waals surface area contributed by atoms with E-state index in [4.69, 9.17) is 4.74 Å². The molecule has 0 aliphatic heterocycles. The van der Waals surface area contributed by atoms with Gasteiger partial charge in [-0.1, -0.05) is 30.3 Å². The molecule has 0 amide bonds. The maximum absolute atomic E-state index is 11.5. The average molecular weight is 324 g/mol. The van der Waals surface area contributed by atoms with Gasteiger partial charge >= 0.3 is 5.97 Å². The van der Waals surface area contributed by atoms with E-state index in [0.717, 1.165) is 22.8 Å². The summed E-state index contributed by atoms with van der Waals surface area (Å²) in [7, 11) is 1.38. The second kappa shape index (κ2) is 7.07. The molecular formula is C18H16N2O2S. The van der Waals surface area contributed by atoms with Crippen molar-refractivity contribution in [3.05, 3.63) is 71.2 Å². The van der Waals surface area contributed by atoms with Crippen LogP contribution in [0, 0.1) is 0 Å². The van der Waals surface area contributed by atoms with E-state index in [2.05, 4.69) is 22.4 Å². The standard InChI is InChI=1S/C18H16N2O2S/c1-22-18(21)17-10-9-16(23-17)15-8-7-14(12-20-15)19-11-13-5-3-2-4-6-13/h2-10,12,19H,11H2,1H3. The zero-order valence-corrected chi connectivity index (χ0v) is 13.5. The number of carbonyl (C=O) groups excluding carboxylic acids is 1. The molecule has 5 heteroatoms. The van der Waals surface area contributed by atoms with Gasteiger partial charge in [0, 0.05) is 6.54 Å². The summed E-state index contributed by atoms with van der Waals surface area (Å²) in [6.07, 6.45) is 1.80. The Labute approximate surface area is 138 Å². The van der Waals surface area contributed by atoms with E-state index in [9.17, 15) is 4.79 Å². The van der Waals surface area contributed by atoms with Gasteiger partial charge < -0.3 is 10.1 Å². The Hall–Kier alpha value is -2.66. The number of anilines is 1. The third-order valence-electron chi connectivity index (χ3n) is 3.35. The van der Waals surface area contributed by atoms with Crippen molar-refractivity contribution in [1.29, 1.82) is 0 Å². The second-order valence-corrected chi connectivity index (χ2v) is 6.01. The highest BCUT2D eigenvalue weighted by Gasteiger charge is 2.10. The van der Waals surface area contributed by atoms with Crippen molar-refractivity contribution in [3.8, 4) is 10.6 Å². The maximum atomic E-state index is 11.5. The largest absolute Gasteiger partial charge is 0.465 e. The Morgan fingerprint density at radius 2 is 1.96 bits per heavy atom. The third kappa shape index (κ3) is 3.76. The lowest BCUT2D eigenvalue weighted by molar-refractivity contribution is 0.0606. The number of methoxy groups -OCH3 is 1. The molecule has 1 N–H and O–H groups in total. The van der Waals surface area contributed by atoms with E-state index in [0.29, 0.717) is 4.88 Å². The molecule has 0 fully saturated rings. The van der Waals surface area contributed by atoms with Gasteiger partial charge in [0.1, 0.15) is 4.88 Å². The van der Waals surface area contributed by atoms with E-state index >= 15 is 0 Å². The van der Waals surface area contributed by atoms with Gasteiger partial charge in [0.25, 0.3) is 0 Å². The van der Waals surface area contributed by atoms with Crippen molar-refractivity contribution in [2.24, 2.45) is 0 Å². The Morgan fingerprint density at radius 1 is 1.13 bits per heavy atom. The molecule has 2 heterocycles. The molecular weight excluding hydrogens is 308 g/mol. The van der Waals surface area contributed by atoms with E-state index in [1.807, 2.05) is 36.4 Å². The fourth-order valence-electron chi connectivity index (χ4n) is 2.13. The molecule has 0 aliphatic rings. The lowest BCUT2D eigenvalue weighted by Gasteiger charge is -2.06. The summed E-state index contributed by atoms with van der Waals surface area (Å²) >= 11 is 1.38. The van der Waals surface area contributed by atoms with Gasteiger partial charge in [-0.2, -0.15) is 0 Å². The minimum Gasteiger partial charge on any atom is -0.465 e. The number of hydrogen-bond acceptors (Lipinski definition) is 5. The van der Waals surface area contributed by atoms with Gasteiger partial charge in [-0.25, -0.2) is 4.79 Å². The van der Waals surface area contributed by atoms with E-state index in [1.165, 1.54) is 24.0 Å². The molecule has 0 saturated heterocycles. The van der Waals surface area contributed by atoms with Crippen molar-refractivity contribution in [2.45, 2.75) is 6.54 Å². The quantitative estimate of drug-likeness (QED) is 0.714. The number of hydrogen-bond donors (Lipinski definition) is 1. The van der Waals surface area contributed by atoms with Gasteiger partial charge in [-0.3, -0.25) is 4.98 Å². The number of thiophene rings is 1. The molecule has 0 spiro atoms. The van der Waals surface area contributed by atoms with E-state index in [-0.39, 0.29) is 5.97 Å². The number of aromatic nitrogens is 1. The summed E-state index contributed by atoms with van der Waals surface area (Å²) in [5, 5.41) is 3.34. The summed E-state index contributed by atoms with van der Waals surface area (Å²) in [4.78, 5) is 17.5. The molecule has 0 saturated carbocycles. The first-order valence-corrected chi connectivity index (χ1v) is 8.00. The first-order valence-electron chi connectivity index (χ1n) is 7.18. The molecule has 0 unspecified atom stereocenters. The summed E-state index contributed by atoms with van der Waals surface area (Å²) in [5.41, 5.74) is 3.02. The molecule has 0 aliphatic carbocycles. The van der Waals surface area contributed by atoms with E-state index < -0.39 is 0 Å². The number of ether oxygens (including phenoxy) is 1. The lowest BCUT2D eigenvalue weighted by Crippen LogP contribution is -1.99. The summed E-state index contributed by atoms with van der Waals surface area (Å²) in [6, 6.07) is 17.8. The zero-order valence-electron chi connectivity index (χ0n) is 12.7. The van der Waals surface area contributed by atoms with Crippen molar-refractivity contribution in [3.63, 3.8) is 0 Å². The molecule has 0 atom stereocenters. The SMILES string of the molecule is COC(=O)c1ccc(-c2ccc(NCc3ccccc3)cn2)s1. The van der Waals surface area contributed by atoms with Crippen molar-refractivity contribution in [2.75, 3.05) is 12.4 Å². The van der Waals surface area contributed by atoms with Crippen LogP contribution >= 0.6 is 11.3 Å². The molecule has 1 aromatic carbocycles. The number of carbonyl (C=O) groups is 1. The van der Waals surface area contributed by atoms with Crippen LogP contribution in [0.25, 0.3) is 10.6 Å². The highest BCUT2D eigenvalue weighted by atomic mass is 32.1. The van der Waals surface area contributed by atoms with Crippen LogP contribution in [0.2, 0.25) is 0 Å². The highest BCUT2D eigenvalue weighted by Crippen LogP contribution is 2.27. The maximum Gasteiger partial charge on any atom is 0.348 e. The Bertz CT molecular complexity index is 782. The average Bonchev–Trinajstić information content (AvgIpc) is 3.11. The fourth-order valence-corrected chi connectivity index (χ4v) is 3.03. The predicted octanol–water partition coefficient (Wildman–Crippen LogP) is 4.21. The van der Waals surface area contributed by atoms with Crippen molar-refractivity contribution < 1.29 is 9.53 Å². The number of nitrogens with one attached hydrogen (secondary N) is 1. The fraction of sp³-hybridized carbons (Fsp3) is 0.111. The molecule has 2 aromatic heterocycles. The van der Waals surface area contributed by atoms with Crippen LogP contribution in [0.5, 0.6) is 0 Å². The van der Waals surface area contributed by atoms with Gasteiger partial charge in [0.05, 0.1) is 29.6 Å². The minimum atomic E-state index is -0.317. The van der Waals surface area contributed by atoms with Crippen LogP contribution in [0.1, 0.15) is 15.2 Å². The first-order chi connectivity index (χ1) is 11.3. The monoisotopic (exact) mass is 324 g/mol. The first kappa shape index (κ1) is 15.2. The van der Waals surface area contributed by atoms with E-state index in [1.54, 1.807) is 12.3 Å². The number of benzene rings is 1. The molecule has 3 rings (SSSR count). The minimum absolute atomic E-state index is 0.317. The molecule has 3 aromatic rings. The summed E-state index contributed by atoms with van der Waals surface area (Å²) in [6.45, 7) is 0.757. The third-order valence-corrected chi connectivity index (χ3v) is 4.44. The van der Waals surface area contributed by atoms with Crippen molar-refractivity contribution >= 4 is 23.0 Å². The smallest absolute Gasteiger partial charge is 0.348 e. The predicted molar refractivity (Wildman–Crippen MR) is 92.7 cm³/mol. The molecule has 116 valence electrons. The van der Waals surface area contributed by atoms with Crippen LogP contribution in [0.3, 0.4) is 0 Å². The van der Waals surface area contributed by atoms with Crippen LogP contribution < -0.4 is 5.32 Å². The zero-order chi connectivity index (χ0) is 16.1. The Balaban J connectivity index is 1.67. The molecule has 0 radical (unpaired) electrons. The van der Waals surface area contributed by atoms with Crippen LogP contribution in [0.4, 0.5) is 5.69 Å². The summed E-state index contributed by atoms with van der Waals surface area (Å²) < 4.78 is 4.72. The number of nitrogens with zero attached hydrogens (tertiary/aromatic N) is 1. The van der Waals surface area contributed by atoms with Gasteiger partial charge in [-0.05, 0) is 29.8 Å². The topological polar surface area (TPSA) is 51.2 Å². The Morgan fingerprint density at radius 3 is 2.65 bits per heavy atom. The number of pyridine rings is 1. The normalized spacial score (nSPS) is 10.3. The van der Waals surface area contributed by atoms with Gasteiger partial charge in [0.2, 0.25) is 0 Å². The van der Waals surface area contributed by atoms with Crippen LogP contribution in [0.15, 0.2) is 60.8 Å². The van der Waals surface area contributed by atoms with Crippen LogP contribution in [-0.4, -0.2) is 18.1 Å². The molecule has 23 heavy (non-hydrogen) atoms.